The molecular formula is C14H17FN2O2. The van der Waals surface area contributed by atoms with Gasteiger partial charge in [0.05, 0.1) is 25.5 Å². The van der Waals surface area contributed by atoms with Gasteiger partial charge >= 0.3 is 0 Å². The second-order valence-corrected chi connectivity index (χ2v) is 4.05. The van der Waals surface area contributed by atoms with E-state index in [1.807, 2.05) is 6.07 Å². The summed E-state index contributed by atoms with van der Waals surface area (Å²) < 4.78 is 18.4. The highest BCUT2D eigenvalue weighted by Crippen LogP contribution is 2.09. The minimum atomic E-state index is -0.386. The van der Waals surface area contributed by atoms with Gasteiger partial charge in [0.2, 0.25) is 5.91 Å². The summed E-state index contributed by atoms with van der Waals surface area (Å²) >= 11 is 0. The first kappa shape index (κ1) is 15.1. The van der Waals surface area contributed by atoms with E-state index in [2.05, 4.69) is 0 Å². The molecule has 0 aliphatic heterocycles. The van der Waals surface area contributed by atoms with E-state index in [1.54, 1.807) is 25.3 Å². The van der Waals surface area contributed by atoms with Crippen molar-refractivity contribution in [2.24, 2.45) is 0 Å². The van der Waals surface area contributed by atoms with Crippen molar-refractivity contribution >= 4 is 5.91 Å². The fourth-order valence-corrected chi connectivity index (χ4v) is 1.66. The van der Waals surface area contributed by atoms with E-state index in [4.69, 9.17) is 10.00 Å². The topological polar surface area (TPSA) is 53.3 Å². The average molecular weight is 264 g/mol. The van der Waals surface area contributed by atoms with Crippen LogP contribution in [0.5, 0.6) is 0 Å². The van der Waals surface area contributed by atoms with Crippen molar-refractivity contribution in [3.8, 4) is 6.07 Å². The van der Waals surface area contributed by atoms with Crippen LogP contribution in [-0.2, 0) is 16.0 Å². The molecule has 0 aliphatic rings. The molecule has 0 spiro atoms. The predicted octanol–water partition coefficient (Wildman–Crippen LogP) is 1.76. The molecule has 19 heavy (non-hydrogen) atoms. The van der Waals surface area contributed by atoms with Crippen molar-refractivity contribution < 1.29 is 13.9 Å². The normalized spacial score (nSPS) is 9.95. The average Bonchev–Trinajstić information content (AvgIpc) is 2.41. The van der Waals surface area contributed by atoms with Crippen LogP contribution in [0, 0.1) is 17.1 Å². The summed E-state index contributed by atoms with van der Waals surface area (Å²) in [6, 6.07) is 8.20. The number of carbonyl (C=O) groups is 1. The van der Waals surface area contributed by atoms with E-state index >= 15 is 0 Å². The number of hydrogen-bond donors (Lipinski definition) is 0. The Morgan fingerprint density at radius 3 is 2.79 bits per heavy atom. The Kier molecular flexibility index (Phi) is 6.55. The molecule has 0 aromatic heterocycles. The quantitative estimate of drug-likeness (QED) is 0.754. The number of carbonyl (C=O) groups excluding carboxylic acids is 1. The number of rotatable bonds is 7. The molecule has 1 rings (SSSR count). The van der Waals surface area contributed by atoms with Crippen LogP contribution in [0.1, 0.15) is 12.0 Å². The number of halogens is 1. The Bertz CT molecular complexity index is 457. The maximum Gasteiger partial charge on any atom is 0.227 e. The second-order valence-electron chi connectivity index (χ2n) is 4.05. The maximum absolute atomic E-state index is 13.5. The smallest absolute Gasteiger partial charge is 0.227 e. The first-order valence-corrected chi connectivity index (χ1v) is 6.06. The number of hydrogen-bond acceptors (Lipinski definition) is 3. The molecule has 0 saturated heterocycles. The Morgan fingerprint density at radius 1 is 1.42 bits per heavy atom. The van der Waals surface area contributed by atoms with Crippen molar-refractivity contribution in [1.82, 2.24) is 4.90 Å². The predicted molar refractivity (Wildman–Crippen MR) is 68.8 cm³/mol. The summed E-state index contributed by atoms with van der Waals surface area (Å²) in [6.45, 7) is 1.15. The summed E-state index contributed by atoms with van der Waals surface area (Å²) in [7, 11) is 1.55. The first-order valence-electron chi connectivity index (χ1n) is 6.06. The molecule has 102 valence electrons. The van der Waals surface area contributed by atoms with Gasteiger partial charge < -0.3 is 9.64 Å². The van der Waals surface area contributed by atoms with Gasteiger partial charge in [-0.05, 0) is 11.6 Å². The molecule has 1 amide bonds. The van der Waals surface area contributed by atoms with Crippen LogP contribution in [0.25, 0.3) is 0 Å². The Morgan fingerprint density at radius 2 is 2.16 bits per heavy atom. The lowest BCUT2D eigenvalue weighted by atomic mass is 10.1. The molecule has 0 aliphatic carbocycles. The third-order valence-electron chi connectivity index (χ3n) is 2.71. The van der Waals surface area contributed by atoms with Gasteiger partial charge in [0.1, 0.15) is 5.82 Å². The van der Waals surface area contributed by atoms with Gasteiger partial charge in [-0.25, -0.2) is 4.39 Å². The molecular weight excluding hydrogens is 247 g/mol. The van der Waals surface area contributed by atoms with Gasteiger partial charge in [-0.2, -0.15) is 5.26 Å². The zero-order chi connectivity index (χ0) is 14.1. The maximum atomic E-state index is 13.5. The van der Waals surface area contributed by atoms with Gasteiger partial charge in [0, 0.05) is 20.2 Å². The van der Waals surface area contributed by atoms with Crippen LogP contribution in [0.15, 0.2) is 24.3 Å². The third-order valence-corrected chi connectivity index (χ3v) is 2.71. The van der Waals surface area contributed by atoms with E-state index in [9.17, 15) is 9.18 Å². The molecule has 0 heterocycles. The summed E-state index contributed by atoms with van der Waals surface area (Å²) in [5.41, 5.74) is 0.367. The summed E-state index contributed by atoms with van der Waals surface area (Å²) in [4.78, 5) is 13.6. The molecule has 0 radical (unpaired) electrons. The van der Waals surface area contributed by atoms with Crippen LogP contribution >= 0.6 is 0 Å². The zero-order valence-electron chi connectivity index (χ0n) is 10.9. The number of methoxy groups -OCH3 is 1. The van der Waals surface area contributed by atoms with Crippen LogP contribution in [-0.4, -0.2) is 37.6 Å². The van der Waals surface area contributed by atoms with Gasteiger partial charge in [0.15, 0.2) is 0 Å². The van der Waals surface area contributed by atoms with Crippen LogP contribution in [0.3, 0.4) is 0 Å². The number of benzene rings is 1. The van der Waals surface area contributed by atoms with E-state index in [1.165, 1.54) is 11.0 Å². The molecule has 1 aromatic rings. The van der Waals surface area contributed by atoms with E-state index in [0.29, 0.717) is 25.3 Å². The number of ether oxygens (including phenoxy) is 1. The van der Waals surface area contributed by atoms with Gasteiger partial charge in [-0.3, -0.25) is 4.79 Å². The van der Waals surface area contributed by atoms with Gasteiger partial charge in [0.25, 0.3) is 0 Å². The van der Waals surface area contributed by atoms with Crippen LogP contribution in [0.2, 0.25) is 0 Å². The number of nitriles is 1. The molecule has 1 aromatic carbocycles. The van der Waals surface area contributed by atoms with Crippen LogP contribution < -0.4 is 0 Å². The SMILES string of the molecule is COCCN(CCC#N)C(=O)Cc1ccccc1F. The first-order chi connectivity index (χ1) is 9.19. The molecule has 5 heteroatoms. The third kappa shape index (κ3) is 5.06. The van der Waals surface area contributed by atoms with Crippen molar-refractivity contribution in [1.29, 1.82) is 5.26 Å². The van der Waals surface area contributed by atoms with E-state index in [-0.39, 0.29) is 24.6 Å². The lowest BCUT2D eigenvalue weighted by Crippen LogP contribution is -2.35. The minimum Gasteiger partial charge on any atom is -0.383 e. The van der Waals surface area contributed by atoms with Crippen LogP contribution in [0.4, 0.5) is 4.39 Å². The largest absolute Gasteiger partial charge is 0.383 e. The van der Waals surface area contributed by atoms with Crippen molar-refractivity contribution in [3.05, 3.63) is 35.6 Å². The van der Waals surface area contributed by atoms with Gasteiger partial charge in [-0.1, -0.05) is 18.2 Å². The molecule has 0 bridgehead atoms. The van der Waals surface area contributed by atoms with Crippen molar-refractivity contribution in [3.63, 3.8) is 0 Å². The fourth-order valence-electron chi connectivity index (χ4n) is 1.66. The standard InChI is InChI=1S/C14H17FN2O2/c1-19-10-9-17(8-4-7-16)14(18)11-12-5-2-3-6-13(12)15/h2-3,5-6H,4,8-11H2,1H3. The highest BCUT2D eigenvalue weighted by Gasteiger charge is 2.15. The van der Waals surface area contributed by atoms with Crippen molar-refractivity contribution in [2.75, 3.05) is 26.8 Å². The van der Waals surface area contributed by atoms with Crippen molar-refractivity contribution in [2.45, 2.75) is 12.8 Å². The highest BCUT2D eigenvalue weighted by atomic mass is 19.1. The molecule has 0 saturated carbocycles. The number of amides is 1. The highest BCUT2D eigenvalue weighted by molar-refractivity contribution is 5.78. The molecule has 0 fully saturated rings. The fraction of sp³-hybridized carbons (Fsp3) is 0.429. The lowest BCUT2D eigenvalue weighted by Gasteiger charge is -2.21. The monoisotopic (exact) mass is 264 g/mol. The van der Waals surface area contributed by atoms with E-state index in [0.717, 1.165) is 0 Å². The molecule has 0 N–H and O–H groups in total. The molecule has 0 atom stereocenters. The van der Waals surface area contributed by atoms with Gasteiger partial charge in [-0.15, -0.1) is 0 Å². The summed E-state index contributed by atoms with van der Waals surface area (Å²) in [5.74, 6) is -0.583. The van der Waals surface area contributed by atoms with E-state index < -0.39 is 0 Å². The Labute approximate surface area is 112 Å². The Balaban J connectivity index is 2.65. The summed E-state index contributed by atoms with van der Waals surface area (Å²) in [5, 5.41) is 8.58. The second kappa shape index (κ2) is 8.22. The summed E-state index contributed by atoms with van der Waals surface area (Å²) in [6.07, 6.45) is 0.258. The zero-order valence-corrected chi connectivity index (χ0v) is 10.9. The number of nitrogens with zero attached hydrogens (tertiary/aromatic N) is 2. The lowest BCUT2D eigenvalue weighted by molar-refractivity contribution is -0.131. The molecule has 0 unspecified atom stereocenters. The minimum absolute atomic E-state index is 0.00180. The Hall–Kier alpha value is -1.93. The molecule has 4 nitrogen and oxygen atoms in total.